The summed E-state index contributed by atoms with van der Waals surface area (Å²) in [5, 5.41) is 0.438. The smallest absolute Gasteiger partial charge is 0.258 e. The third-order valence-corrected chi connectivity index (χ3v) is 4.85. The molecular formula is C22H23ClFN3O2. The summed E-state index contributed by atoms with van der Waals surface area (Å²) >= 11 is 6.09. The average molecular weight is 416 g/mol. The van der Waals surface area contributed by atoms with E-state index in [9.17, 15) is 9.18 Å². The van der Waals surface area contributed by atoms with Crippen LogP contribution in [0.3, 0.4) is 0 Å². The van der Waals surface area contributed by atoms with Gasteiger partial charge in [0, 0.05) is 18.1 Å². The molecule has 0 aliphatic rings. The Labute approximate surface area is 174 Å². The summed E-state index contributed by atoms with van der Waals surface area (Å²) in [7, 11) is 1.50. The van der Waals surface area contributed by atoms with Crippen LogP contribution in [0, 0.1) is 5.82 Å². The maximum absolute atomic E-state index is 14.3. The molecule has 0 radical (unpaired) electrons. The predicted molar refractivity (Wildman–Crippen MR) is 113 cm³/mol. The van der Waals surface area contributed by atoms with E-state index in [1.165, 1.54) is 13.2 Å². The Morgan fingerprint density at radius 3 is 2.86 bits per heavy atom. The number of halogens is 2. The number of nitrogens with zero attached hydrogens (tertiary/aromatic N) is 3. The van der Waals surface area contributed by atoms with Gasteiger partial charge in [-0.15, -0.1) is 6.58 Å². The lowest BCUT2D eigenvalue weighted by Crippen LogP contribution is -2.32. The maximum atomic E-state index is 14.3. The minimum absolute atomic E-state index is 0.203. The fraction of sp³-hybridized carbons (Fsp3) is 0.273. The summed E-state index contributed by atoms with van der Waals surface area (Å²) in [4.78, 5) is 19.3. The Balaban J connectivity index is 2.02. The van der Waals surface area contributed by atoms with Crippen LogP contribution >= 0.6 is 11.6 Å². The van der Waals surface area contributed by atoms with E-state index in [2.05, 4.69) is 11.6 Å². The molecule has 3 rings (SSSR count). The largest absolute Gasteiger partial charge is 0.496 e. The normalized spacial score (nSPS) is 10.9. The lowest BCUT2D eigenvalue weighted by atomic mass is 10.1. The van der Waals surface area contributed by atoms with Gasteiger partial charge in [-0.05, 0) is 36.8 Å². The number of para-hydroxylation sites is 1. The zero-order chi connectivity index (χ0) is 21.0. The van der Waals surface area contributed by atoms with Crippen LogP contribution in [-0.2, 0) is 13.1 Å². The van der Waals surface area contributed by atoms with Crippen LogP contribution in [0.1, 0.15) is 29.5 Å². The summed E-state index contributed by atoms with van der Waals surface area (Å²) in [6.07, 6.45) is 2.49. The molecule has 7 heteroatoms. The van der Waals surface area contributed by atoms with Crippen LogP contribution in [0.4, 0.5) is 4.39 Å². The van der Waals surface area contributed by atoms with Crippen molar-refractivity contribution in [2.75, 3.05) is 13.7 Å². The lowest BCUT2D eigenvalue weighted by Gasteiger charge is -2.22. The molecule has 152 valence electrons. The van der Waals surface area contributed by atoms with Crippen LogP contribution in [0.5, 0.6) is 5.75 Å². The zero-order valence-electron chi connectivity index (χ0n) is 16.5. The summed E-state index contributed by atoms with van der Waals surface area (Å²) in [5.41, 5.74) is 1.38. The van der Waals surface area contributed by atoms with Crippen molar-refractivity contribution >= 4 is 28.5 Å². The Hall–Kier alpha value is -2.86. The standard InChI is InChI=1S/C22H23ClFN3O2/c1-4-11-26(22(28)16-13-15(23)9-10-19(16)29-3)14-20-25-21-17(24)7-6-8-18(21)27(20)12-5-2/h4,6-10,13H,1,5,11-12,14H2,2-3H3. The van der Waals surface area contributed by atoms with E-state index in [0.29, 0.717) is 46.3 Å². The molecule has 1 amide bonds. The third-order valence-electron chi connectivity index (χ3n) is 4.62. The van der Waals surface area contributed by atoms with Crippen molar-refractivity contribution in [2.24, 2.45) is 0 Å². The number of benzene rings is 2. The molecule has 0 aliphatic carbocycles. The highest BCUT2D eigenvalue weighted by atomic mass is 35.5. The first-order valence-corrected chi connectivity index (χ1v) is 9.75. The lowest BCUT2D eigenvalue weighted by molar-refractivity contribution is 0.0754. The molecule has 0 unspecified atom stereocenters. The van der Waals surface area contributed by atoms with Gasteiger partial charge in [-0.25, -0.2) is 9.37 Å². The second-order valence-electron chi connectivity index (χ2n) is 6.61. The van der Waals surface area contributed by atoms with E-state index in [0.717, 1.165) is 6.42 Å². The second kappa shape index (κ2) is 9.09. The molecule has 0 aliphatic heterocycles. The SMILES string of the molecule is C=CCN(Cc1nc2c(F)cccc2n1CCC)C(=O)c1cc(Cl)ccc1OC. The molecule has 0 saturated carbocycles. The number of carbonyl (C=O) groups is 1. The van der Waals surface area contributed by atoms with Crippen molar-refractivity contribution in [3.63, 3.8) is 0 Å². The highest BCUT2D eigenvalue weighted by Gasteiger charge is 2.22. The van der Waals surface area contributed by atoms with Gasteiger partial charge in [0.2, 0.25) is 0 Å². The first-order valence-electron chi connectivity index (χ1n) is 9.37. The monoisotopic (exact) mass is 415 g/mol. The fourth-order valence-electron chi connectivity index (χ4n) is 3.32. The quantitative estimate of drug-likeness (QED) is 0.482. The maximum Gasteiger partial charge on any atom is 0.258 e. The number of methoxy groups -OCH3 is 1. The number of rotatable bonds is 8. The van der Waals surface area contributed by atoms with Crippen LogP contribution in [0.15, 0.2) is 49.1 Å². The van der Waals surface area contributed by atoms with Crippen molar-refractivity contribution in [3.05, 3.63) is 71.3 Å². The van der Waals surface area contributed by atoms with Crippen LogP contribution < -0.4 is 4.74 Å². The molecular weight excluding hydrogens is 393 g/mol. The molecule has 0 fully saturated rings. The Morgan fingerprint density at radius 1 is 1.38 bits per heavy atom. The minimum atomic E-state index is -0.378. The first kappa shape index (κ1) is 20.9. The molecule has 0 spiro atoms. The number of imidazole rings is 1. The average Bonchev–Trinajstić information content (AvgIpc) is 3.06. The molecule has 0 N–H and O–H groups in total. The van der Waals surface area contributed by atoms with E-state index in [1.54, 1.807) is 35.2 Å². The van der Waals surface area contributed by atoms with Crippen molar-refractivity contribution in [1.29, 1.82) is 0 Å². The molecule has 5 nitrogen and oxygen atoms in total. The van der Waals surface area contributed by atoms with Gasteiger partial charge in [0.05, 0.1) is 24.7 Å². The second-order valence-corrected chi connectivity index (χ2v) is 7.04. The highest BCUT2D eigenvalue weighted by molar-refractivity contribution is 6.31. The molecule has 29 heavy (non-hydrogen) atoms. The summed E-state index contributed by atoms with van der Waals surface area (Å²) in [5.74, 6) is 0.404. The molecule has 1 aromatic heterocycles. The van der Waals surface area contributed by atoms with Gasteiger partial charge in [0.15, 0.2) is 5.82 Å². The van der Waals surface area contributed by atoms with E-state index in [1.807, 2.05) is 17.6 Å². The number of ether oxygens (including phenoxy) is 1. The number of aryl methyl sites for hydroxylation is 1. The van der Waals surface area contributed by atoms with Crippen molar-refractivity contribution in [3.8, 4) is 5.75 Å². The van der Waals surface area contributed by atoms with E-state index in [-0.39, 0.29) is 18.3 Å². The van der Waals surface area contributed by atoms with Gasteiger partial charge >= 0.3 is 0 Å². The molecule has 1 heterocycles. The van der Waals surface area contributed by atoms with Crippen LogP contribution in [0.25, 0.3) is 11.0 Å². The van der Waals surface area contributed by atoms with Crippen LogP contribution in [0.2, 0.25) is 5.02 Å². The molecule has 2 aromatic carbocycles. The first-order chi connectivity index (χ1) is 14.0. The number of hydrogen-bond acceptors (Lipinski definition) is 3. The summed E-state index contributed by atoms with van der Waals surface area (Å²) in [6, 6.07) is 9.79. The molecule has 3 aromatic rings. The van der Waals surface area contributed by atoms with Crippen molar-refractivity contribution < 1.29 is 13.9 Å². The van der Waals surface area contributed by atoms with Gasteiger partial charge in [0.1, 0.15) is 17.1 Å². The molecule has 0 bridgehead atoms. The van der Waals surface area contributed by atoms with Gasteiger partial charge in [-0.2, -0.15) is 0 Å². The highest BCUT2D eigenvalue weighted by Crippen LogP contribution is 2.26. The number of carbonyl (C=O) groups excluding carboxylic acids is 1. The Kier molecular flexibility index (Phi) is 6.54. The molecule has 0 atom stereocenters. The molecule has 0 saturated heterocycles. The van der Waals surface area contributed by atoms with E-state index >= 15 is 0 Å². The fourth-order valence-corrected chi connectivity index (χ4v) is 3.49. The van der Waals surface area contributed by atoms with Gasteiger partial charge in [-0.3, -0.25) is 4.79 Å². The van der Waals surface area contributed by atoms with E-state index < -0.39 is 0 Å². The van der Waals surface area contributed by atoms with Crippen LogP contribution in [-0.4, -0.2) is 34.0 Å². The summed E-state index contributed by atoms with van der Waals surface area (Å²) in [6.45, 7) is 6.97. The predicted octanol–water partition coefficient (Wildman–Crippen LogP) is 5.08. The third kappa shape index (κ3) is 4.27. The van der Waals surface area contributed by atoms with Gasteiger partial charge < -0.3 is 14.2 Å². The number of hydrogen-bond donors (Lipinski definition) is 0. The van der Waals surface area contributed by atoms with Gasteiger partial charge in [0.25, 0.3) is 5.91 Å². The van der Waals surface area contributed by atoms with Crippen molar-refractivity contribution in [1.82, 2.24) is 14.5 Å². The topological polar surface area (TPSA) is 47.4 Å². The minimum Gasteiger partial charge on any atom is -0.496 e. The Morgan fingerprint density at radius 2 is 2.17 bits per heavy atom. The van der Waals surface area contributed by atoms with Crippen molar-refractivity contribution in [2.45, 2.75) is 26.4 Å². The Bertz CT molecular complexity index is 1050. The number of fused-ring (bicyclic) bond motifs is 1. The zero-order valence-corrected chi connectivity index (χ0v) is 17.2. The number of amides is 1. The summed E-state index contributed by atoms with van der Waals surface area (Å²) < 4.78 is 21.5. The number of aromatic nitrogens is 2. The van der Waals surface area contributed by atoms with E-state index in [4.69, 9.17) is 16.3 Å². The van der Waals surface area contributed by atoms with Gasteiger partial charge in [-0.1, -0.05) is 30.7 Å².